The maximum absolute atomic E-state index is 3.68. The summed E-state index contributed by atoms with van der Waals surface area (Å²) in [4.78, 5) is 0. The van der Waals surface area contributed by atoms with E-state index in [0.29, 0.717) is 0 Å². The first kappa shape index (κ1) is 9.57. The van der Waals surface area contributed by atoms with Crippen LogP contribution in [-0.4, -0.2) is 0 Å². The highest BCUT2D eigenvalue weighted by molar-refractivity contribution is 4.99. The summed E-state index contributed by atoms with van der Waals surface area (Å²) < 4.78 is 0. The predicted molar refractivity (Wildman–Crippen MR) is 55.1 cm³/mol. The zero-order valence-electron chi connectivity index (χ0n) is 8.13. The summed E-state index contributed by atoms with van der Waals surface area (Å²) >= 11 is 0. The van der Waals surface area contributed by atoms with Gasteiger partial charge in [-0.2, -0.15) is 0 Å². The van der Waals surface area contributed by atoms with Gasteiger partial charge >= 0.3 is 0 Å². The standard InChI is InChI=1S/C12H20/c1-3-4-7-11(2)10-12-8-5-6-9-12/h3-4,7,11-12H,1,5-6,8-10H2,2H3/b7-4+/t11-/m1/s1. The second-order valence-corrected chi connectivity index (χ2v) is 3.98. The zero-order valence-corrected chi connectivity index (χ0v) is 8.13. The van der Waals surface area contributed by atoms with Crippen LogP contribution in [0.1, 0.15) is 39.0 Å². The summed E-state index contributed by atoms with van der Waals surface area (Å²) in [6, 6.07) is 0. The molecule has 0 heteroatoms. The average molecular weight is 164 g/mol. The van der Waals surface area contributed by atoms with Gasteiger partial charge < -0.3 is 0 Å². The molecular weight excluding hydrogens is 144 g/mol. The lowest BCUT2D eigenvalue weighted by molar-refractivity contribution is 0.444. The van der Waals surface area contributed by atoms with E-state index in [2.05, 4.69) is 25.7 Å². The van der Waals surface area contributed by atoms with E-state index in [9.17, 15) is 0 Å². The van der Waals surface area contributed by atoms with Gasteiger partial charge in [0, 0.05) is 0 Å². The maximum Gasteiger partial charge on any atom is -0.0256 e. The number of hydrogen-bond acceptors (Lipinski definition) is 0. The Hall–Kier alpha value is -0.520. The fourth-order valence-electron chi connectivity index (χ4n) is 2.12. The molecule has 0 unspecified atom stereocenters. The van der Waals surface area contributed by atoms with Gasteiger partial charge in [-0.25, -0.2) is 0 Å². The molecular formula is C12H20. The van der Waals surface area contributed by atoms with Crippen molar-refractivity contribution in [1.82, 2.24) is 0 Å². The highest BCUT2D eigenvalue weighted by Crippen LogP contribution is 2.30. The molecule has 1 aliphatic carbocycles. The van der Waals surface area contributed by atoms with E-state index < -0.39 is 0 Å². The van der Waals surface area contributed by atoms with Gasteiger partial charge in [0.25, 0.3) is 0 Å². The molecule has 12 heavy (non-hydrogen) atoms. The van der Waals surface area contributed by atoms with Crippen molar-refractivity contribution in [3.8, 4) is 0 Å². The van der Waals surface area contributed by atoms with Crippen LogP contribution in [0.2, 0.25) is 0 Å². The molecule has 0 saturated heterocycles. The monoisotopic (exact) mass is 164 g/mol. The Morgan fingerprint density at radius 2 is 2.08 bits per heavy atom. The lowest BCUT2D eigenvalue weighted by Gasteiger charge is -2.11. The van der Waals surface area contributed by atoms with E-state index >= 15 is 0 Å². The van der Waals surface area contributed by atoms with E-state index in [1.54, 1.807) is 0 Å². The number of rotatable bonds is 4. The van der Waals surface area contributed by atoms with Gasteiger partial charge in [-0.15, -0.1) is 0 Å². The predicted octanol–water partition coefficient (Wildman–Crippen LogP) is 3.95. The smallest absolute Gasteiger partial charge is 0.0256 e. The van der Waals surface area contributed by atoms with Crippen molar-refractivity contribution in [3.05, 3.63) is 24.8 Å². The molecule has 0 N–H and O–H groups in total. The summed E-state index contributed by atoms with van der Waals surface area (Å²) in [5.74, 6) is 1.75. The molecule has 0 spiro atoms. The van der Waals surface area contributed by atoms with Crippen LogP contribution >= 0.6 is 0 Å². The van der Waals surface area contributed by atoms with Crippen molar-refractivity contribution in [3.63, 3.8) is 0 Å². The second-order valence-electron chi connectivity index (χ2n) is 3.98. The summed E-state index contributed by atoms with van der Waals surface area (Å²) in [6.07, 6.45) is 13.4. The van der Waals surface area contributed by atoms with Gasteiger partial charge in [0.2, 0.25) is 0 Å². The molecule has 1 aliphatic rings. The summed E-state index contributed by atoms with van der Waals surface area (Å²) in [5, 5.41) is 0. The Balaban J connectivity index is 2.20. The minimum atomic E-state index is 0.742. The molecule has 0 nitrogen and oxygen atoms in total. The molecule has 1 rings (SSSR count). The van der Waals surface area contributed by atoms with Gasteiger partial charge in [-0.1, -0.05) is 57.4 Å². The van der Waals surface area contributed by atoms with Crippen LogP contribution in [0, 0.1) is 11.8 Å². The van der Waals surface area contributed by atoms with E-state index in [4.69, 9.17) is 0 Å². The van der Waals surface area contributed by atoms with Crippen molar-refractivity contribution < 1.29 is 0 Å². The molecule has 0 bridgehead atoms. The van der Waals surface area contributed by atoms with Crippen LogP contribution in [-0.2, 0) is 0 Å². The Labute approximate surface area is 76.4 Å². The van der Waals surface area contributed by atoms with Crippen molar-refractivity contribution in [2.45, 2.75) is 39.0 Å². The van der Waals surface area contributed by atoms with E-state index in [-0.39, 0.29) is 0 Å². The van der Waals surface area contributed by atoms with Crippen molar-refractivity contribution in [2.24, 2.45) is 11.8 Å². The SMILES string of the molecule is C=C/C=C/[C@@H](C)CC1CCCC1. The maximum atomic E-state index is 3.68. The third-order valence-electron chi connectivity index (χ3n) is 2.76. The minimum Gasteiger partial charge on any atom is -0.0991 e. The summed E-state index contributed by atoms with van der Waals surface area (Å²) in [6.45, 7) is 5.98. The third kappa shape index (κ3) is 3.25. The number of hydrogen-bond donors (Lipinski definition) is 0. The topological polar surface area (TPSA) is 0 Å². The molecule has 0 aliphatic heterocycles. The van der Waals surface area contributed by atoms with Crippen LogP contribution in [0.3, 0.4) is 0 Å². The quantitative estimate of drug-likeness (QED) is 0.552. The van der Waals surface area contributed by atoms with Gasteiger partial charge in [0.15, 0.2) is 0 Å². The third-order valence-corrected chi connectivity index (χ3v) is 2.76. The molecule has 1 saturated carbocycles. The average Bonchev–Trinajstić information content (AvgIpc) is 2.53. The molecule has 1 fully saturated rings. The van der Waals surface area contributed by atoms with E-state index in [0.717, 1.165) is 11.8 Å². The fraction of sp³-hybridized carbons (Fsp3) is 0.667. The highest BCUT2D eigenvalue weighted by Gasteiger charge is 2.16. The Morgan fingerprint density at radius 3 is 2.67 bits per heavy atom. The van der Waals surface area contributed by atoms with Gasteiger partial charge in [0.1, 0.15) is 0 Å². The minimum absolute atomic E-state index is 0.742. The molecule has 0 amide bonds. The highest BCUT2D eigenvalue weighted by atomic mass is 14.2. The normalized spacial score (nSPS) is 21.8. The Kier molecular flexibility index (Phi) is 4.13. The van der Waals surface area contributed by atoms with Crippen LogP contribution in [0.15, 0.2) is 24.8 Å². The molecule has 1 atom stereocenters. The Bertz CT molecular complexity index is 149. The molecule has 0 heterocycles. The van der Waals surface area contributed by atoms with E-state index in [1.807, 2.05) is 6.08 Å². The molecule has 0 radical (unpaired) electrons. The zero-order chi connectivity index (χ0) is 8.81. The second kappa shape index (κ2) is 5.18. The first-order chi connectivity index (χ1) is 5.83. The fourth-order valence-corrected chi connectivity index (χ4v) is 2.12. The molecule has 0 aromatic carbocycles. The van der Waals surface area contributed by atoms with E-state index in [1.165, 1.54) is 32.1 Å². The van der Waals surface area contributed by atoms with Crippen molar-refractivity contribution in [1.29, 1.82) is 0 Å². The lowest BCUT2D eigenvalue weighted by atomic mass is 9.94. The first-order valence-electron chi connectivity index (χ1n) is 5.12. The van der Waals surface area contributed by atoms with Crippen LogP contribution in [0.4, 0.5) is 0 Å². The molecule has 0 aromatic heterocycles. The lowest BCUT2D eigenvalue weighted by Crippen LogP contribution is -1.99. The van der Waals surface area contributed by atoms with Gasteiger partial charge in [-0.05, 0) is 18.3 Å². The van der Waals surface area contributed by atoms with Crippen molar-refractivity contribution in [2.75, 3.05) is 0 Å². The molecule has 0 aromatic rings. The van der Waals surface area contributed by atoms with Crippen LogP contribution in [0.25, 0.3) is 0 Å². The summed E-state index contributed by atoms with van der Waals surface area (Å²) in [7, 11) is 0. The van der Waals surface area contributed by atoms with Crippen molar-refractivity contribution >= 4 is 0 Å². The van der Waals surface area contributed by atoms with Crippen LogP contribution < -0.4 is 0 Å². The van der Waals surface area contributed by atoms with Crippen LogP contribution in [0.5, 0.6) is 0 Å². The first-order valence-corrected chi connectivity index (χ1v) is 5.12. The largest absolute Gasteiger partial charge is 0.0991 e. The molecule has 68 valence electrons. The van der Waals surface area contributed by atoms with Gasteiger partial charge in [-0.3, -0.25) is 0 Å². The Morgan fingerprint density at radius 1 is 1.42 bits per heavy atom. The summed E-state index contributed by atoms with van der Waals surface area (Å²) in [5.41, 5.74) is 0. The number of allylic oxidation sites excluding steroid dienone is 3. The van der Waals surface area contributed by atoms with Gasteiger partial charge in [0.05, 0.1) is 0 Å².